The zero-order chi connectivity index (χ0) is 35.1. The molecular weight excluding hydrogens is 686 g/mol. The van der Waals surface area contributed by atoms with Crippen molar-refractivity contribution in [3.05, 3.63) is 130 Å². The summed E-state index contributed by atoms with van der Waals surface area (Å²) in [5, 5.41) is 2.84. The summed E-state index contributed by atoms with van der Waals surface area (Å²) in [4.78, 5) is 29.3. The second kappa shape index (κ2) is 15.9. The first kappa shape index (κ1) is 36.8. The number of nitrogens with one attached hydrogen (secondary N) is 1. The topological polar surface area (TPSA) is 86.8 Å². The van der Waals surface area contributed by atoms with Crippen LogP contribution in [-0.2, 0) is 38.8 Å². The molecular formula is C35H34Cl2F3N3O4S. The van der Waals surface area contributed by atoms with E-state index in [0.717, 1.165) is 12.1 Å². The van der Waals surface area contributed by atoms with Crippen molar-refractivity contribution < 1.29 is 31.2 Å². The van der Waals surface area contributed by atoms with Gasteiger partial charge in [-0.25, -0.2) is 8.42 Å². The van der Waals surface area contributed by atoms with Gasteiger partial charge in [-0.15, -0.1) is 0 Å². The lowest BCUT2D eigenvalue weighted by atomic mass is 10.0. The molecule has 13 heteroatoms. The van der Waals surface area contributed by atoms with Gasteiger partial charge < -0.3 is 10.2 Å². The van der Waals surface area contributed by atoms with Crippen molar-refractivity contribution in [1.82, 2.24) is 10.2 Å². The van der Waals surface area contributed by atoms with E-state index >= 15 is 0 Å². The summed E-state index contributed by atoms with van der Waals surface area (Å²) >= 11 is 12.8. The lowest BCUT2D eigenvalue weighted by Gasteiger charge is -2.34. The number of hydrogen-bond donors (Lipinski definition) is 1. The van der Waals surface area contributed by atoms with Crippen LogP contribution in [0.25, 0.3) is 0 Å². The molecule has 4 aromatic carbocycles. The van der Waals surface area contributed by atoms with Gasteiger partial charge in [-0.1, -0.05) is 104 Å². The molecule has 4 rings (SSSR count). The van der Waals surface area contributed by atoms with E-state index in [4.69, 9.17) is 23.2 Å². The average molecular weight is 721 g/mol. The van der Waals surface area contributed by atoms with Gasteiger partial charge in [-0.3, -0.25) is 13.9 Å². The third-order valence-electron chi connectivity index (χ3n) is 7.41. The molecule has 2 amide bonds. The fourth-order valence-corrected chi connectivity index (χ4v) is 6.81. The van der Waals surface area contributed by atoms with Crippen LogP contribution in [0.5, 0.6) is 0 Å². The molecule has 0 aliphatic carbocycles. The van der Waals surface area contributed by atoms with Gasteiger partial charge in [0.15, 0.2) is 0 Å². The van der Waals surface area contributed by atoms with Crippen molar-refractivity contribution >= 4 is 50.7 Å². The van der Waals surface area contributed by atoms with Gasteiger partial charge >= 0.3 is 6.18 Å². The molecule has 254 valence electrons. The molecule has 0 aliphatic heterocycles. The van der Waals surface area contributed by atoms with Crippen LogP contribution < -0.4 is 9.62 Å². The molecule has 0 aromatic heterocycles. The smallest absolute Gasteiger partial charge is 0.354 e. The quantitative estimate of drug-likeness (QED) is 0.154. The number of rotatable bonds is 13. The summed E-state index contributed by atoms with van der Waals surface area (Å²) in [5.41, 5.74) is -0.526. The number of carbonyl (C=O) groups excluding carboxylic acids is 2. The van der Waals surface area contributed by atoms with Gasteiger partial charge in [0, 0.05) is 24.5 Å². The third-order valence-corrected chi connectivity index (χ3v) is 9.87. The molecule has 0 aliphatic rings. The first-order valence-electron chi connectivity index (χ1n) is 15.0. The van der Waals surface area contributed by atoms with Crippen molar-refractivity contribution in [3.63, 3.8) is 0 Å². The number of halogens is 5. The van der Waals surface area contributed by atoms with E-state index < -0.39 is 51.9 Å². The normalized spacial score (nSPS) is 12.4. The van der Waals surface area contributed by atoms with Crippen molar-refractivity contribution in [3.8, 4) is 0 Å². The Labute approximate surface area is 288 Å². The Kier molecular flexibility index (Phi) is 12.2. The van der Waals surface area contributed by atoms with Crippen LogP contribution in [0.3, 0.4) is 0 Å². The summed E-state index contributed by atoms with van der Waals surface area (Å²) in [6.07, 6.45) is -4.78. The molecule has 0 radical (unpaired) electrons. The van der Waals surface area contributed by atoms with Crippen LogP contribution in [0, 0.1) is 5.92 Å². The number of nitrogens with zero attached hydrogens (tertiary/aromatic N) is 2. The highest BCUT2D eigenvalue weighted by atomic mass is 35.5. The van der Waals surface area contributed by atoms with Crippen molar-refractivity contribution in [2.24, 2.45) is 5.92 Å². The Morgan fingerprint density at radius 1 is 0.833 bits per heavy atom. The Morgan fingerprint density at radius 2 is 1.44 bits per heavy atom. The molecule has 1 N–H and O–H groups in total. The second-order valence-electron chi connectivity index (χ2n) is 11.4. The van der Waals surface area contributed by atoms with Crippen LogP contribution in [0.15, 0.2) is 108 Å². The summed E-state index contributed by atoms with van der Waals surface area (Å²) in [5.74, 6) is -1.29. The number of anilines is 1. The zero-order valence-electron chi connectivity index (χ0n) is 26.1. The minimum absolute atomic E-state index is 0.0523. The van der Waals surface area contributed by atoms with E-state index in [1.54, 1.807) is 60.7 Å². The van der Waals surface area contributed by atoms with E-state index in [0.29, 0.717) is 33.1 Å². The summed E-state index contributed by atoms with van der Waals surface area (Å²) in [6.45, 7) is 2.92. The fourth-order valence-electron chi connectivity index (χ4n) is 4.90. The van der Waals surface area contributed by atoms with Gasteiger partial charge in [-0.2, -0.15) is 13.2 Å². The maximum Gasteiger partial charge on any atom is 0.416 e. The zero-order valence-corrected chi connectivity index (χ0v) is 28.5. The number of carbonyl (C=O) groups is 2. The monoisotopic (exact) mass is 719 g/mol. The highest BCUT2D eigenvalue weighted by molar-refractivity contribution is 7.92. The molecule has 7 nitrogen and oxygen atoms in total. The van der Waals surface area contributed by atoms with E-state index in [1.165, 1.54) is 29.2 Å². The maximum absolute atomic E-state index is 14.5. The average Bonchev–Trinajstić information content (AvgIpc) is 3.05. The second-order valence-corrected chi connectivity index (χ2v) is 14.1. The van der Waals surface area contributed by atoms with Crippen molar-refractivity contribution in [1.29, 1.82) is 0 Å². The number of sulfonamides is 1. The van der Waals surface area contributed by atoms with Gasteiger partial charge in [0.2, 0.25) is 11.8 Å². The lowest BCUT2D eigenvalue weighted by Crippen LogP contribution is -2.53. The van der Waals surface area contributed by atoms with Crippen LogP contribution >= 0.6 is 23.2 Å². The molecule has 0 saturated heterocycles. The molecule has 48 heavy (non-hydrogen) atoms. The third kappa shape index (κ3) is 9.30. The largest absolute Gasteiger partial charge is 0.416 e. The first-order valence-corrected chi connectivity index (χ1v) is 17.2. The molecule has 1 atom stereocenters. The predicted molar refractivity (Wildman–Crippen MR) is 181 cm³/mol. The van der Waals surface area contributed by atoms with Crippen LogP contribution in [0.4, 0.5) is 18.9 Å². The SMILES string of the molecule is CC(C)CNC(=O)[C@H](Cc1ccccc1)N(Cc1ccccc1Cl)C(=O)CN(c1cc(C(F)(F)F)ccc1Cl)S(=O)(=O)c1ccccc1. The molecule has 4 aromatic rings. The molecule has 0 unspecified atom stereocenters. The highest BCUT2D eigenvalue weighted by Crippen LogP contribution is 2.37. The Morgan fingerprint density at radius 3 is 2.04 bits per heavy atom. The van der Waals surface area contributed by atoms with Crippen molar-refractivity contribution in [2.45, 2.75) is 43.9 Å². The summed E-state index contributed by atoms with van der Waals surface area (Å²) in [7, 11) is -4.67. The van der Waals surface area contributed by atoms with Crippen LogP contribution in [0.1, 0.15) is 30.5 Å². The van der Waals surface area contributed by atoms with E-state index in [-0.39, 0.29) is 28.8 Å². The minimum Gasteiger partial charge on any atom is -0.354 e. The Balaban J connectivity index is 1.87. The van der Waals surface area contributed by atoms with Crippen LogP contribution in [-0.4, -0.2) is 44.3 Å². The number of hydrogen-bond acceptors (Lipinski definition) is 4. The lowest BCUT2D eigenvalue weighted by molar-refractivity contribution is -0.140. The van der Waals surface area contributed by atoms with E-state index in [9.17, 15) is 31.2 Å². The summed E-state index contributed by atoms with van der Waals surface area (Å²) in [6, 6.07) is 23.7. The van der Waals surface area contributed by atoms with Gasteiger partial charge in [0.1, 0.15) is 12.6 Å². The van der Waals surface area contributed by atoms with E-state index in [2.05, 4.69) is 5.32 Å². The molecule has 0 heterocycles. The van der Waals surface area contributed by atoms with E-state index in [1.807, 2.05) is 13.8 Å². The molecule has 0 saturated carbocycles. The number of alkyl halides is 3. The van der Waals surface area contributed by atoms with Gasteiger partial charge in [-0.05, 0) is 53.4 Å². The standard InChI is InChI=1S/C35H34Cl2F3N3O4S/c1-24(2)21-41-34(45)32(19-25-11-5-3-6-12-25)42(22-26-13-9-10-16-29(26)36)33(44)23-43(48(46,47)28-14-7-4-8-15-28)31-20-27(35(38,39)40)17-18-30(31)37/h3-18,20,24,32H,19,21-23H2,1-2H3,(H,41,45)/t32-/m0/s1. The molecule has 0 spiro atoms. The van der Waals surface area contributed by atoms with Gasteiger partial charge in [0.25, 0.3) is 10.0 Å². The number of amides is 2. The van der Waals surface area contributed by atoms with Gasteiger partial charge in [0.05, 0.1) is 21.2 Å². The first-order chi connectivity index (χ1) is 22.7. The number of benzene rings is 4. The summed E-state index contributed by atoms with van der Waals surface area (Å²) < 4.78 is 70.3. The predicted octanol–water partition coefficient (Wildman–Crippen LogP) is 7.62. The minimum atomic E-state index is -4.84. The molecule has 0 bridgehead atoms. The maximum atomic E-state index is 14.5. The van der Waals surface area contributed by atoms with Crippen LogP contribution in [0.2, 0.25) is 10.0 Å². The fraction of sp³-hybridized carbons (Fsp3) is 0.257. The molecule has 0 fully saturated rings. The Bertz CT molecular complexity index is 1830. The highest BCUT2D eigenvalue weighted by Gasteiger charge is 2.37. The Hall–Kier alpha value is -4.06. The van der Waals surface area contributed by atoms with Crippen molar-refractivity contribution in [2.75, 3.05) is 17.4 Å².